The zero-order valence-corrected chi connectivity index (χ0v) is 14.8. The Balaban J connectivity index is 1.96. The monoisotopic (exact) mass is 339 g/mol. The lowest BCUT2D eigenvalue weighted by Crippen LogP contribution is -2.41. The Labute approximate surface area is 143 Å². The maximum atomic E-state index is 11.9. The number of likely N-dealkylation sites (tertiary alicyclic amines) is 1. The van der Waals surface area contributed by atoms with Crippen LogP contribution in [0.25, 0.3) is 0 Å². The maximum Gasteiger partial charge on any atom is 0.407 e. The van der Waals surface area contributed by atoms with Crippen molar-refractivity contribution in [2.24, 2.45) is 5.73 Å². The lowest BCUT2D eigenvalue weighted by molar-refractivity contribution is 0.0504. The van der Waals surface area contributed by atoms with Crippen molar-refractivity contribution in [1.29, 1.82) is 0 Å². The first-order chi connectivity index (χ1) is 10.8. The molecule has 1 aliphatic rings. The van der Waals surface area contributed by atoms with Gasteiger partial charge in [-0.25, -0.2) is 4.79 Å². The van der Waals surface area contributed by atoms with Crippen molar-refractivity contribution in [3.05, 3.63) is 34.9 Å². The number of carbonyl (C=O) groups is 1. The largest absolute Gasteiger partial charge is 0.444 e. The summed E-state index contributed by atoms with van der Waals surface area (Å²) < 4.78 is 5.31. The second-order valence-electron chi connectivity index (χ2n) is 6.90. The fourth-order valence-corrected chi connectivity index (χ4v) is 3.14. The molecule has 2 unspecified atom stereocenters. The van der Waals surface area contributed by atoms with E-state index in [1.807, 2.05) is 45.0 Å². The first kappa shape index (κ1) is 18.0. The molecular formula is C17H26ClN3O2. The van der Waals surface area contributed by atoms with Gasteiger partial charge in [-0.15, -0.1) is 0 Å². The van der Waals surface area contributed by atoms with Crippen LogP contribution in [0.1, 0.15) is 38.8 Å². The first-order valence-corrected chi connectivity index (χ1v) is 8.36. The molecule has 3 N–H and O–H groups in total. The van der Waals surface area contributed by atoms with Crippen LogP contribution in [0, 0.1) is 0 Å². The van der Waals surface area contributed by atoms with Gasteiger partial charge in [-0.3, -0.25) is 4.90 Å². The fourth-order valence-electron chi connectivity index (χ4n) is 2.88. The van der Waals surface area contributed by atoms with Gasteiger partial charge in [-0.2, -0.15) is 0 Å². The van der Waals surface area contributed by atoms with Crippen LogP contribution in [-0.4, -0.2) is 42.3 Å². The topological polar surface area (TPSA) is 67.6 Å². The number of hydrogen-bond acceptors (Lipinski definition) is 4. The van der Waals surface area contributed by atoms with Crippen LogP contribution in [0.15, 0.2) is 24.3 Å². The van der Waals surface area contributed by atoms with E-state index >= 15 is 0 Å². The van der Waals surface area contributed by atoms with E-state index in [-0.39, 0.29) is 18.2 Å². The van der Waals surface area contributed by atoms with Gasteiger partial charge in [0.05, 0.1) is 0 Å². The van der Waals surface area contributed by atoms with E-state index in [9.17, 15) is 4.79 Å². The normalized spacial score (nSPS) is 20.3. The Morgan fingerprint density at radius 2 is 2.17 bits per heavy atom. The number of ether oxygens (including phenoxy) is 1. The summed E-state index contributed by atoms with van der Waals surface area (Å²) in [6.45, 7) is 7.67. The summed E-state index contributed by atoms with van der Waals surface area (Å²) in [7, 11) is 0. The van der Waals surface area contributed by atoms with Gasteiger partial charge in [-0.1, -0.05) is 29.8 Å². The van der Waals surface area contributed by atoms with E-state index in [1.165, 1.54) is 0 Å². The molecule has 5 nitrogen and oxygen atoms in total. The molecule has 1 amide bonds. The molecule has 2 rings (SSSR count). The number of amides is 1. The van der Waals surface area contributed by atoms with E-state index in [2.05, 4.69) is 10.2 Å². The summed E-state index contributed by atoms with van der Waals surface area (Å²) in [5.41, 5.74) is 6.52. The maximum absolute atomic E-state index is 11.9. The van der Waals surface area contributed by atoms with Gasteiger partial charge in [0.15, 0.2) is 0 Å². The van der Waals surface area contributed by atoms with Gasteiger partial charge in [0.2, 0.25) is 0 Å². The second-order valence-corrected chi connectivity index (χ2v) is 7.31. The summed E-state index contributed by atoms with van der Waals surface area (Å²) in [5, 5.41) is 3.66. The number of halogens is 1. The third-order valence-electron chi connectivity index (χ3n) is 3.87. The lowest BCUT2D eigenvalue weighted by Gasteiger charge is -2.28. The minimum absolute atomic E-state index is 0.0640. The number of hydrogen-bond donors (Lipinski definition) is 2. The summed E-state index contributed by atoms with van der Waals surface area (Å²) in [6.07, 6.45) is 0.506. The molecule has 0 aromatic heterocycles. The minimum atomic E-state index is -0.486. The second kappa shape index (κ2) is 7.51. The highest BCUT2D eigenvalue weighted by Crippen LogP contribution is 2.29. The number of carbonyl (C=O) groups excluding carboxylic acids is 1. The van der Waals surface area contributed by atoms with Crippen molar-refractivity contribution in [1.82, 2.24) is 10.2 Å². The van der Waals surface area contributed by atoms with E-state index in [1.54, 1.807) is 0 Å². The van der Waals surface area contributed by atoms with Gasteiger partial charge in [0.25, 0.3) is 0 Å². The fraction of sp³-hybridized carbons (Fsp3) is 0.588. The molecule has 1 aromatic carbocycles. The van der Waals surface area contributed by atoms with Gasteiger partial charge in [-0.05, 0) is 38.8 Å². The molecule has 2 atom stereocenters. The number of nitrogens with zero attached hydrogens (tertiary/aromatic N) is 1. The minimum Gasteiger partial charge on any atom is -0.444 e. The highest BCUT2D eigenvalue weighted by molar-refractivity contribution is 6.31. The van der Waals surface area contributed by atoms with Crippen LogP contribution >= 0.6 is 11.6 Å². The molecule has 0 bridgehead atoms. The van der Waals surface area contributed by atoms with E-state index < -0.39 is 5.60 Å². The highest BCUT2D eigenvalue weighted by atomic mass is 35.5. The smallest absolute Gasteiger partial charge is 0.407 e. The van der Waals surface area contributed by atoms with Gasteiger partial charge >= 0.3 is 6.09 Å². The van der Waals surface area contributed by atoms with Crippen molar-refractivity contribution in [2.75, 3.05) is 19.6 Å². The van der Waals surface area contributed by atoms with Crippen LogP contribution in [-0.2, 0) is 4.74 Å². The standard InChI is InChI=1S/C17H26ClN3O2/c1-17(2,3)23-16(22)20-12-8-9-21(11-12)15(10-19)13-6-4-5-7-14(13)18/h4-7,12,15H,8-11,19H2,1-3H3,(H,20,22). The summed E-state index contributed by atoms with van der Waals surface area (Å²) in [6, 6.07) is 7.91. The third kappa shape index (κ3) is 5.09. The molecule has 128 valence electrons. The summed E-state index contributed by atoms with van der Waals surface area (Å²) >= 11 is 6.30. The Morgan fingerprint density at radius 3 is 2.78 bits per heavy atom. The molecule has 0 saturated carbocycles. The van der Waals surface area contributed by atoms with Crippen molar-refractivity contribution >= 4 is 17.7 Å². The average molecular weight is 340 g/mol. The zero-order chi connectivity index (χ0) is 17.0. The predicted octanol–water partition coefficient (Wildman–Crippen LogP) is 2.94. The number of nitrogens with two attached hydrogens (primary N) is 1. The Morgan fingerprint density at radius 1 is 1.48 bits per heavy atom. The molecule has 1 aromatic rings. The number of benzene rings is 1. The quantitative estimate of drug-likeness (QED) is 0.885. The predicted molar refractivity (Wildman–Crippen MR) is 92.6 cm³/mol. The Kier molecular flexibility index (Phi) is 5.89. The summed E-state index contributed by atoms with van der Waals surface area (Å²) in [5.74, 6) is 0. The molecule has 0 radical (unpaired) electrons. The Bertz CT molecular complexity index is 545. The van der Waals surface area contributed by atoms with Crippen LogP contribution in [0.2, 0.25) is 5.02 Å². The van der Waals surface area contributed by atoms with Crippen molar-refractivity contribution in [3.8, 4) is 0 Å². The van der Waals surface area contributed by atoms with Crippen molar-refractivity contribution in [2.45, 2.75) is 44.9 Å². The average Bonchev–Trinajstić information content (AvgIpc) is 2.87. The van der Waals surface area contributed by atoms with Gasteiger partial charge in [0, 0.05) is 36.7 Å². The number of nitrogens with one attached hydrogen (secondary N) is 1. The zero-order valence-electron chi connectivity index (χ0n) is 14.0. The molecular weight excluding hydrogens is 314 g/mol. The van der Waals surface area contributed by atoms with Crippen molar-refractivity contribution < 1.29 is 9.53 Å². The van der Waals surface area contributed by atoms with E-state index in [4.69, 9.17) is 22.1 Å². The molecule has 23 heavy (non-hydrogen) atoms. The van der Waals surface area contributed by atoms with E-state index in [0.29, 0.717) is 6.54 Å². The molecule has 1 fully saturated rings. The molecule has 0 aliphatic carbocycles. The van der Waals surface area contributed by atoms with Crippen LogP contribution in [0.4, 0.5) is 4.79 Å². The van der Waals surface area contributed by atoms with Crippen LogP contribution in [0.5, 0.6) is 0 Å². The number of rotatable bonds is 4. The molecule has 1 aliphatic heterocycles. The van der Waals surface area contributed by atoms with Crippen LogP contribution < -0.4 is 11.1 Å². The molecule has 6 heteroatoms. The first-order valence-electron chi connectivity index (χ1n) is 7.98. The Hall–Kier alpha value is -1.30. The molecule has 0 spiro atoms. The molecule has 1 saturated heterocycles. The van der Waals surface area contributed by atoms with Crippen LogP contribution in [0.3, 0.4) is 0 Å². The van der Waals surface area contributed by atoms with Gasteiger partial charge in [0.1, 0.15) is 5.60 Å². The van der Waals surface area contributed by atoms with Gasteiger partial charge < -0.3 is 15.8 Å². The summed E-state index contributed by atoms with van der Waals surface area (Å²) in [4.78, 5) is 14.2. The molecule has 1 heterocycles. The highest BCUT2D eigenvalue weighted by Gasteiger charge is 2.31. The van der Waals surface area contributed by atoms with Crippen molar-refractivity contribution in [3.63, 3.8) is 0 Å². The number of alkyl carbamates (subject to hydrolysis) is 1. The van der Waals surface area contributed by atoms with E-state index in [0.717, 1.165) is 30.1 Å². The third-order valence-corrected chi connectivity index (χ3v) is 4.21. The SMILES string of the molecule is CC(C)(C)OC(=O)NC1CCN(C(CN)c2ccccc2Cl)C1. The lowest BCUT2D eigenvalue weighted by atomic mass is 10.1.